The molecule has 3 nitrogen and oxygen atoms in total. The monoisotopic (exact) mass is 355 g/mol. The van der Waals surface area contributed by atoms with Crippen molar-refractivity contribution in [2.45, 2.75) is 104 Å². The van der Waals surface area contributed by atoms with Crippen LogP contribution < -0.4 is 0 Å². The van der Waals surface area contributed by atoms with E-state index in [1.807, 2.05) is 0 Å². The van der Waals surface area contributed by atoms with Gasteiger partial charge in [0.1, 0.15) is 0 Å². The predicted octanol–water partition coefficient (Wildman–Crippen LogP) is 5.02. The van der Waals surface area contributed by atoms with Gasteiger partial charge in [-0.15, -0.1) is 0 Å². The van der Waals surface area contributed by atoms with Crippen molar-refractivity contribution >= 4 is 9.45 Å². The molecule has 0 bridgehead atoms. The van der Waals surface area contributed by atoms with Crippen LogP contribution in [0.5, 0.6) is 0 Å². The summed E-state index contributed by atoms with van der Waals surface area (Å²) in [7, 11) is -1.77. The summed E-state index contributed by atoms with van der Waals surface area (Å²) >= 11 is 0. The molecule has 0 saturated heterocycles. The fourth-order valence-electron chi connectivity index (χ4n) is 4.84. The highest BCUT2D eigenvalue weighted by Gasteiger charge is 2.42. The fourth-order valence-corrected chi connectivity index (χ4v) is 7.67. The Hall–Kier alpha value is 0.0969. The Morgan fingerprint density at radius 1 is 0.792 bits per heavy atom. The van der Waals surface area contributed by atoms with Crippen molar-refractivity contribution in [1.29, 1.82) is 0 Å². The van der Waals surface area contributed by atoms with E-state index in [0.29, 0.717) is 12.1 Å². The summed E-state index contributed by atoms with van der Waals surface area (Å²) in [5, 5.41) is 0. The van der Waals surface area contributed by atoms with Gasteiger partial charge in [-0.3, -0.25) is 4.57 Å². The zero-order chi connectivity index (χ0) is 17.4. The molecule has 2 saturated carbocycles. The molecule has 0 aliphatic heterocycles. The van der Waals surface area contributed by atoms with Gasteiger partial charge in [0.25, 0.3) is 0 Å². The van der Waals surface area contributed by atoms with Gasteiger partial charge in [-0.1, -0.05) is 53.4 Å². The lowest BCUT2D eigenvalue weighted by atomic mass is 9.77. The summed E-state index contributed by atoms with van der Waals surface area (Å²) in [6.07, 6.45) is 13.2. The van der Waals surface area contributed by atoms with Gasteiger partial charge < -0.3 is 8.85 Å². The molecular weight excluding hydrogens is 314 g/mol. The maximum atomic E-state index is 6.40. The second kappa shape index (κ2) is 10.9. The Morgan fingerprint density at radius 3 is 1.83 bits per heavy atom. The first-order valence-electron chi connectivity index (χ1n) is 10.7. The summed E-state index contributed by atoms with van der Waals surface area (Å²) in [5.74, 6) is 1.56. The minimum absolute atomic E-state index is 0.673. The second-order valence-corrected chi connectivity index (χ2v) is 10.0. The number of nitrogens with zero attached hydrogens (tertiary/aromatic N) is 1. The summed E-state index contributed by atoms with van der Waals surface area (Å²) in [6.45, 7) is 11.1. The molecule has 0 heterocycles. The largest absolute Gasteiger partial charge is 0.411 e. The average molecular weight is 356 g/mol. The predicted molar refractivity (Wildman–Crippen MR) is 104 cm³/mol. The van der Waals surface area contributed by atoms with E-state index in [0.717, 1.165) is 37.9 Å². The van der Waals surface area contributed by atoms with E-state index in [-0.39, 0.29) is 0 Å². The highest BCUT2D eigenvalue weighted by atomic mass is 28.3. The second-order valence-electron chi connectivity index (χ2n) is 8.16. The van der Waals surface area contributed by atoms with E-state index in [4.69, 9.17) is 8.85 Å². The smallest absolute Gasteiger partial charge is 0.385 e. The third-order valence-electron chi connectivity index (χ3n) is 6.00. The number of rotatable bonds is 9. The summed E-state index contributed by atoms with van der Waals surface area (Å²) < 4.78 is 15.6. The lowest BCUT2D eigenvalue weighted by molar-refractivity contribution is 0.0311. The van der Waals surface area contributed by atoms with Crippen LogP contribution in [-0.4, -0.2) is 39.3 Å². The molecule has 0 spiro atoms. The Labute approximate surface area is 152 Å². The molecule has 142 valence electrons. The number of hydrogen-bond donors (Lipinski definition) is 0. The lowest BCUT2D eigenvalue weighted by Crippen LogP contribution is -2.60. The SMILES string of the molecule is CCCO[SiH](OCCC)N(C1CCCCC1)C1C(C)CCCC1C. The molecular formula is C20H41NO2Si. The van der Waals surface area contributed by atoms with Crippen molar-refractivity contribution in [1.82, 2.24) is 4.57 Å². The van der Waals surface area contributed by atoms with Crippen molar-refractivity contribution in [3.8, 4) is 0 Å². The van der Waals surface area contributed by atoms with Crippen LogP contribution in [0.4, 0.5) is 0 Å². The maximum absolute atomic E-state index is 6.40. The van der Waals surface area contributed by atoms with Gasteiger partial charge in [0, 0.05) is 25.3 Å². The fraction of sp³-hybridized carbons (Fsp3) is 1.00. The molecule has 2 aliphatic carbocycles. The minimum atomic E-state index is -1.77. The summed E-state index contributed by atoms with van der Waals surface area (Å²) in [6, 6.07) is 1.38. The van der Waals surface area contributed by atoms with E-state index < -0.39 is 9.45 Å². The zero-order valence-electron chi connectivity index (χ0n) is 16.6. The molecule has 24 heavy (non-hydrogen) atoms. The quantitative estimate of drug-likeness (QED) is 0.542. The molecule has 4 heteroatoms. The van der Waals surface area contributed by atoms with E-state index >= 15 is 0 Å². The highest BCUT2D eigenvalue weighted by molar-refractivity contribution is 6.41. The van der Waals surface area contributed by atoms with E-state index in [9.17, 15) is 0 Å². The van der Waals surface area contributed by atoms with Gasteiger partial charge in [-0.2, -0.15) is 0 Å². The minimum Gasteiger partial charge on any atom is -0.385 e. The first-order valence-corrected chi connectivity index (χ1v) is 12.2. The van der Waals surface area contributed by atoms with Gasteiger partial charge >= 0.3 is 9.45 Å². The van der Waals surface area contributed by atoms with Crippen LogP contribution in [0.3, 0.4) is 0 Å². The average Bonchev–Trinajstić information content (AvgIpc) is 2.60. The van der Waals surface area contributed by atoms with Crippen LogP contribution in [0.25, 0.3) is 0 Å². The topological polar surface area (TPSA) is 21.7 Å². The van der Waals surface area contributed by atoms with E-state index in [1.54, 1.807) is 0 Å². The Morgan fingerprint density at radius 2 is 1.33 bits per heavy atom. The molecule has 0 N–H and O–H groups in total. The molecule has 0 amide bonds. The molecule has 2 unspecified atom stereocenters. The normalized spacial score (nSPS) is 29.5. The summed E-state index contributed by atoms with van der Waals surface area (Å²) in [4.78, 5) is 0. The Kier molecular flexibility index (Phi) is 9.31. The lowest BCUT2D eigenvalue weighted by Gasteiger charge is -2.49. The third kappa shape index (κ3) is 5.55. The van der Waals surface area contributed by atoms with Crippen molar-refractivity contribution in [3.63, 3.8) is 0 Å². The van der Waals surface area contributed by atoms with Crippen LogP contribution in [0.2, 0.25) is 0 Å². The van der Waals surface area contributed by atoms with Gasteiger partial charge in [0.2, 0.25) is 0 Å². The molecule has 0 aromatic rings. The van der Waals surface area contributed by atoms with Crippen LogP contribution in [0.15, 0.2) is 0 Å². The van der Waals surface area contributed by atoms with Gasteiger partial charge in [-0.05, 0) is 50.4 Å². The van der Waals surface area contributed by atoms with Crippen LogP contribution in [0, 0.1) is 11.8 Å². The van der Waals surface area contributed by atoms with Gasteiger partial charge in [0.05, 0.1) is 0 Å². The van der Waals surface area contributed by atoms with Crippen LogP contribution in [-0.2, 0) is 8.85 Å². The summed E-state index contributed by atoms with van der Waals surface area (Å²) in [5.41, 5.74) is 0. The van der Waals surface area contributed by atoms with Crippen molar-refractivity contribution < 1.29 is 8.85 Å². The molecule has 2 atom stereocenters. The van der Waals surface area contributed by atoms with Crippen molar-refractivity contribution in [3.05, 3.63) is 0 Å². The Balaban J connectivity index is 2.20. The maximum Gasteiger partial charge on any atom is 0.411 e. The van der Waals surface area contributed by atoms with Gasteiger partial charge in [-0.25, -0.2) is 0 Å². The van der Waals surface area contributed by atoms with Crippen LogP contribution in [0.1, 0.15) is 91.9 Å². The first-order chi connectivity index (χ1) is 11.7. The molecule has 2 aliphatic rings. The standard InChI is InChI=1S/C20H41NO2Si/c1-5-15-22-24(23-16-6-2)21(19-13-8-7-9-14-19)20-17(3)11-10-12-18(20)4/h17-20,24H,5-16H2,1-4H3. The molecule has 0 aromatic carbocycles. The zero-order valence-corrected chi connectivity index (χ0v) is 17.8. The first kappa shape index (κ1) is 20.4. The molecule has 2 rings (SSSR count). The van der Waals surface area contributed by atoms with Crippen molar-refractivity contribution in [2.24, 2.45) is 11.8 Å². The number of hydrogen-bond acceptors (Lipinski definition) is 3. The van der Waals surface area contributed by atoms with Gasteiger partial charge in [0.15, 0.2) is 0 Å². The van der Waals surface area contributed by atoms with Crippen LogP contribution >= 0.6 is 0 Å². The molecule has 0 aromatic heterocycles. The van der Waals surface area contributed by atoms with E-state index in [1.165, 1.54) is 51.4 Å². The Bertz CT molecular complexity index is 318. The van der Waals surface area contributed by atoms with Crippen molar-refractivity contribution in [2.75, 3.05) is 13.2 Å². The third-order valence-corrected chi connectivity index (χ3v) is 8.29. The molecule has 0 radical (unpaired) electrons. The van der Waals surface area contributed by atoms with E-state index in [2.05, 4.69) is 32.3 Å². The molecule has 2 fully saturated rings. The highest BCUT2D eigenvalue weighted by Crippen LogP contribution is 2.37.